The summed E-state index contributed by atoms with van der Waals surface area (Å²) in [5, 5.41) is 6.60. The second-order valence-electron chi connectivity index (χ2n) is 1.21. The molecule has 1 aliphatic rings. The highest BCUT2D eigenvalue weighted by Crippen LogP contribution is 1.97. The standard InChI is InChI=1S/C4H3BN2O/c5-4-2-1-3-8-7-6-4/h1-3H. The van der Waals surface area contributed by atoms with Gasteiger partial charge in [0.15, 0.2) is 0 Å². The minimum atomic E-state index is 0.346. The van der Waals surface area contributed by atoms with Crippen LogP contribution in [0.25, 0.3) is 0 Å². The third-order valence-corrected chi connectivity index (χ3v) is 0.610. The van der Waals surface area contributed by atoms with E-state index in [1.807, 2.05) is 0 Å². The van der Waals surface area contributed by atoms with Crippen LogP contribution in [0, 0.1) is 0 Å². The highest BCUT2D eigenvalue weighted by Gasteiger charge is 1.83. The average Bonchev–Trinajstić information content (AvgIpc) is 1.94. The van der Waals surface area contributed by atoms with Gasteiger partial charge in [0.2, 0.25) is 0 Å². The van der Waals surface area contributed by atoms with Crippen molar-refractivity contribution in [2.75, 3.05) is 0 Å². The molecule has 0 aromatic rings. The van der Waals surface area contributed by atoms with Crippen LogP contribution >= 0.6 is 0 Å². The van der Waals surface area contributed by atoms with Crippen LogP contribution in [0.2, 0.25) is 0 Å². The molecule has 2 radical (unpaired) electrons. The lowest BCUT2D eigenvalue weighted by Gasteiger charge is -1.79. The van der Waals surface area contributed by atoms with E-state index in [2.05, 4.69) is 15.2 Å². The number of hydrogen-bond donors (Lipinski definition) is 0. The maximum atomic E-state index is 5.20. The van der Waals surface area contributed by atoms with Crippen molar-refractivity contribution in [3.63, 3.8) is 0 Å². The highest BCUT2D eigenvalue weighted by atomic mass is 16.6. The molecule has 1 aliphatic heterocycles. The van der Waals surface area contributed by atoms with E-state index in [-0.39, 0.29) is 0 Å². The SMILES string of the molecule is [B]C1=CC=CON=N1. The van der Waals surface area contributed by atoms with E-state index < -0.39 is 0 Å². The van der Waals surface area contributed by atoms with Crippen LogP contribution in [-0.2, 0) is 4.84 Å². The van der Waals surface area contributed by atoms with Crippen molar-refractivity contribution >= 4 is 7.85 Å². The zero-order chi connectivity index (χ0) is 5.82. The van der Waals surface area contributed by atoms with E-state index in [0.29, 0.717) is 5.60 Å². The van der Waals surface area contributed by atoms with Crippen molar-refractivity contribution < 1.29 is 4.84 Å². The van der Waals surface area contributed by atoms with Crippen molar-refractivity contribution in [1.29, 1.82) is 0 Å². The minimum Gasteiger partial charge on any atom is -0.347 e. The van der Waals surface area contributed by atoms with Gasteiger partial charge in [0.25, 0.3) is 0 Å². The van der Waals surface area contributed by atoms with Crippen LogP contribution < -0.4 is 0 Å². The monoisotopic (exact) mass is 106 g/mol. The molecule has 0 aromatic heterocycles. The van der Waals surface area contributed by atoms with Crippen LogP contribution in [0.15, 0.2) is 34.4 Å². The Morgan fingerprint density at radius 2 is 2.50 bits per heavy atom. The van der Waals surface area contributed by atoms with Crippen LogP contribution in [0.5, 0.6) is 0 Å². The molecule has 0 aliphatic carbocycles. The first-order chi connectivity index (χ1) is 3.89. The first kappa shape index (κ1) is 5.09. The molecule has 0 unspecified atom stereocenters. The van der Waals surface area contributed by atoms with Gasteiger partial charge in [0.1, 0.15) is 14.1 Å². The smallest absolute Gasteiger partial charge is 0.144 e. The summed E-state index contributed by atoms with van der Waals surface area (Å²) in [6, 6.07) is 0. The molecular formula is C4H3BN2O. The molecule has 0 bridgehead atoms. The van der Waals surface area contributed by atoms with Gasteiger partial charge in [-0.1, -0.05) is 0 Å². The van der Waals surface area contributed by atoms with E-state index in [1.165, 1.54) is 6.26 Å². The Morgan fingerprint density at radius 1 is 1.62 bits per heavy atom. The van der Waals surface area contributed by atoms with Gasteiger partial charge in [-0.05, 0) is 12.2 Å². The molecule has 1 rings (SSSR count). The summed E-state index contributed by atoms with van der Waals surface area (Å²) in [4.78, 5) is 4.41. The molecule has 0 aromatic carbocycles. The quantitative estimate of drug-likeness (QED) is 0.422. The van der Waals surface area contributed by atoms with Crippen LogP contribution in [-0.4, -0.2) is 7.85 Å². The maximum Gasteiger partial charge on any atom is 0.144 e. The lowest BCUT2D eigenvalue weighted by Crippen LogP contribution is -1.68. The van der Waals surface area contributed by atoms with Crippen molar-refractivity contribution in [2.45, 2.75) is 0 Å². The summed E-state index contributed by atoms with van der Waals surface area (Å²) >= 11 is 0. The van der Waals surface area contributed by atoms with E-state index in [9.17, 15) is 0 Å². The topological polar surface area (TPSA) is 34.0 Å². The van der Waals surface area contributed by atoms with Crippen LogP contribution in [0.1, 0.15) is 0 Å². The van der Waals surface area contributed by atoms with Gasteiger partial charge in [-0.25, -0.2) is 0 Å². The number of rotatable bonds is 0. The average molecular weight is 106 g/mol. The summed E-state index contributed by atoms with van der Waals surface area (Å²) in [6.45, 7) is 0. The first-order valence-corrected chi connectivity index (χ1v) is 2.09. The van der Waals surface area contributed by atoms with Gasteiger partial charge < -0.3 is 4.84 Å². The lowest BCUT2D eigenvalue weighted by molar-refractivity contribution is 0.243. The Hall–Kier alpha value is -1.06. The molecule has 0 saturated carbocycles. The zero-order valence-corrected chi connectivity index (χ0v) is 4.11. The third kappa shape index (κ3) is 1.22. The molecule has 4 heteroatoms. The molecule has 0 N–H and O–H groups in total. The molecular weight excluding hydrogens is 103 g/mol. The normalized spacial score (nSPS) is 16.8. The Labute approximate surface area is 48.1 Å². The van der Waals surface area contributed by atoms with E-state index in [0.717, 1.165) is 0 Å². The number of allylic oxidation sites excluding steroid dienone is 2. The predicted octanol–water partition coefficient (Wildman–Crippen LogP) is 0.907. The lowest BCUT2D eigenvalue weighted by atomic mass is 10.1. The fourth-order valence-corrected chi connectivity index (χ4v) is 0.304. The number of nitrogens with zero attached hydrogens (tertiary/aromatic N) is 2. The van der Waals surface area contributed by atoms with Gasteiger partial charge in [0.05, 0.1) is 0 Å². The maximum absolute atomic E-state index is 5.20. The summed E-state index contributed by atoms with van der Waals surface area (Å²) in [6.07, 6.45) is 4.61. The molecule has 8 heavy (non-hydrogen) atoms. The predicted molar refractivity (Wildman–Crippen MR) is 28.9 cm³/mol. The zero-order valence-electron chi connectivity index (χ0n) is 4.11. The fraction of sp³-hybridized carbons (Fsp3) is 0. The summed E-state index contributed by atoms with van der Waals surface area (Å²) in [5.74, 6) is 0. The van der Waals surface area contributed by atoms with Gasteiger partial charge in [-0.3, -0.25) is 0 Å². The summed E-state index contributed by atoms with van der Waals surface area (Å²) in [5.41, 5.74) is 0.346. The summed E-state index contributed by atoms with van der Waals surface area (Å²) < 4.78 is 0. The van der Waals surface area contributed by atoms with Crippen LogP contribution in [0.4, 0.5) is 0 Å². The minimum absolute atomic E-state index is 0.346. The first-order valence-electron chi connectivity index (χ1n) is 2.09. The Morgan fingerprint density at radius 3 is 3.38 bits per heavy atom. The molecule has 0 atom stereocenters. The Balaban J connectivity index is 2.73. The Kier molecular flexibility index (Phi) is 1.46. The molecule has 0 spiro atoms. The van der Waals surface area contributed by atoms with E-state index >= 15 is 0 Å². The van der Waals surface area contributed by atoms with Gasteiger partial charge >= 0.3 is 0 Å². The van der Waals surface area contributed by atoms with Crippen molar-refractivity contribution in [3.05, 3.63) is 24.0 Å². The van der Waals surface area contributed by atoms with Gasteiger partial charge in [-0.2, -0.15) is 0 Å². The second-order valence-corrected chi connectivity index (χ2v) is 1.21. The third-order valence-electron chi connectivity index (χ3n) is 0.610. The molecule has 0 amide bonds. The molecule has 1 heterocycles. The van der Waals surface area contributed by atoms with Gasteiger partial charge in [-0.15, -0.1) is 5.11 Å². The molecule has 3 nitrogen and oxygen atoms in total. The van der Waals surface area contributed by atoms with Gasteiger partial charge in [0, 0.05) is 10.9 Å². The van der Waals surface area contributed by atoms with Crippen molar-refractivity contribution in [3.8, 4) is 0 Å². The van der Waals surface area contributed by atoms with E-state index in [1.54, 1.807) is 12.2 Å². The molecule has 38 valence electrons. The second kappa shape index (κ2) is 2.30. The summed E-state index contributed by atoms with van der Waals surface area (Å²) in [7, 11) is 5.20. The number of hydrogen-bond acceptors (Lipinski definition) is 3. The largest absolute Gasteiger partial charge is 0.347 e. The molecule has 0 saturated heterocycles. The van der Waals surface area contributed by atoms with Crippen LogP contribution in [0.3, 0.4) is 0 Å². The fourth-order valence-electron chi connectivity index (χ4n) is 0.304. The van der Waals surface area contributed by atoms with Crippen molar-refractivity contribution in [1.82, 2.24) is 0 Å². The molecule has 0 fully saturated rings. The Bertz CT molecular complexity index is 161. The van der Waals surface area contributed by atoms with Crippen molar-refractivity contribution in [2.24, 2.45) is 10.4 Å². The highest BCUT2D eigenvalue weighted by molar-refractivity contribution is 6.21. The van der Waals surface area contributed by atoms with E-state index in [4.69, 9.17) is 7.85 Å².